The Labute approximate surface area is 172 Å². The Balaban J connectivity index is 1.81. The van der Waals surface area contributed by atoms with Crippen LogP contribution in [-0.2, 0) is 11.2 Å². The molecule has 0 N–H and O–H groups in total. The fourth-order valence-corrected chi connectivity index (χ4v) is 4.32. The van der Waals surface area contributed by atoms with Gasteiger partial charge in [0.15, 0.2) is 0 Å². The Morgan fingerprint density at radius 3 is 2.44 bits per heavy atom. The number of imide groups is 1. The van der Waals surface area contributed by atoms with E-state index in [0.717, 1.165) is 5.56 Å². The molecule has 1 atom stereocenters. The van der Waals surface area contributed by atoms with Crippen LogP contribution in [0.2, 0.25) is 5.15 Å². The molecule has 1 aromatic carbocycles. The van der Waals surface area contributed by atoms with Crippen LogP contribution >= 0.6 is 35.6 Å². The number of hydrogen-bond acceptors (Lipinski definition) is 6. The lowest BCUT2D eigenvalue weighted by molar-refractivity contribution is 0.0634. The first-order valence-electron chi connectivity index (χ1n) is 8.42. The van der Waals surface area contributed by atoms with E-state index >= 15 is 0 Å². The average molecular weight is 421 g/mol. The Morgan fingerprint density at radius 2 is 1.89 bits per heavy atom. The predicted molar refractivity (Wildman–Crippen MR) is 110 cm³/mol. The minimum atomic E-state index is -0.466. The maximum Gasteiger partial charge on any atom is 0.262 e. The summed E-state index contributed by atoms with van der Waals surface area (Å²) < 4.78 is 5.68. The highest BCUT2D eigenvalue weighted by atomic mass is 35.5. The number of carbonyl (C=O) groups excluding carboxylic acids is 2. The second kappa shape index (κ2) is 8.82. The third-order valence-corrected chi connectivity index (χ3v) is 5.74. The van der Waals surface area contributed by atoms with Crippen molar-refractivity contribution in [1.82, 2.24) is 9.88 Å². The van der Waals surface area contributed by atoms with E-state index in [4.69, 9.17) is 28.6 Å². The van der Waals surface area contributed by atoms with Crippen LogP contribution in [0.4, 0.5) is 0 Å². The third kappa shape index (κ3) is 4.48. The molecular formula is C19H17ClN2O3S2. The van der Waals surface area contributed by atoms with Crippen molar-refractivity contribution in [2.45, 2.75) is 25.1 Å². The Bertz CT molecular complexity index is 839. The number of ether oxygens (including phenoxy) is 1. The fraction of sp³-hybridized carbons (Fsp3) is 0.263. The van der Waals surface area contributed by atoms with Gasteiger partial charge in [0.25, 0.3) is 11.8 Å². The topological polar surface area (TPSA) is 59.5 Å². The summed E-state index contributed by atoms with van der Waals surface area (Å²) in [7, 11) is 0. The molecule has 1 unspecified atom stereocenters. The normalized spacial score (nSPS) is 14.2. The summed E-state index contributed by atoms with van der Waals surface area (Å²) in [6.07, 6.45) is 2.82. The summed E-state index contributed by atoms with van der Waals surface area (Å²) in [5.41, 5.74) is 1.80. The summed E-state index contributed by atoms with van der Waals surface area (Å²) in [4.78, 5) is 31.0. The number of benzene rings is 1. The van der Waals surface area contributed by atoms with Crippen LogP contribution < -0.4 is 0 Å². The number of halogens is 1. The number of aromatic nitrogens is 1. The third-order valence-electron chi connectivity index (χ3n) is 4.08. The molecule has 2 heterocycles. The Hall–Kier alpha value is -1.96. The van der Waals surface area contributed by atoms with Gasteiger partial charge in [0.2, 0.25) is 4.38 Å². The fourth-order valence-electron chi connectivity index (χ4n) is 2.82. The Morgan fingerprint density at radius 1 is 1.22 bits per heavy atom. The predicted octanol–water partition coefficient (Wildman–Crippen LogP) is 4.34. The zero-order chi connectivity index (χ0) is 19.4. The van der Waals surface area contributed by atoms with E-state index in [1.165, 1.54) is 16.7 Å². The molecule has 1 aliphatic heterocycles. The second-order valence-electron chi connectivity index (χ2n) is 5.81. The van der Waals surface area contributed by atoms with Gasteiger partial charge in [0.1, 0.15) is 5.15 Å². The van der Waals surface area contributed by atoms with Crippen molar-refractivity contribution < 1.29 is 14.3 Å². The van der Waals surface area contributed by atoms with Crippen molar-refractivity contribution in [2.24, 2.45) is 0 Å². The highest BCUT2D eigenvalue weighted by Crippen LogP contribution is 2.32. The maximum atomic E-state index is 12.8. The molecule has 0 fully saturated rings. The monoisotopic (exact) mass is 420 g/mol. The number of rotatable bonds is 6. The molecule has 1 aliphatic rings. The van der Waals surface area contributed by atoms with Gasteiger partial charge in [-0.15, -0.1) is 0 Å². The molecule has 1 aromatic heterocycles. The number of amides is 2. The van der Waals surface area contributed by atoms with Crippen molar-refractivity contribution in [3.63, 3.8) is 0 Å². The lowest BCUT2D eigenvalue weighted by atomic mass is 10.1. The largest absolute Gasteiger partial charge is 0.479 e. The lowest BCUT2D eigenvalue weighted by Crippen LogP contribution is -2.39. The molecule has 2 aromatic rings. The molecule has 2 amide bonds. The van der Waals surface area contributed by atoms with E-state index in [1.54, 1.807) is 36.5 Å². The molecule has 0 saturated carbocycles. The molecule has 5 nitrogen and oxygen atoms in total. The van der Waals surface area contributed by atoms with Crippen LogP contribution in [0.3, 0.4) is 0 Å². The van der Waals surface area contributed by atoms with E-state index in [-0.39, 0.29) is 11.8 Å². The molecule has 27 heavy (non-hydrogen) atoms. The molecule has 0 spiro atoms. The summed E-state index contributed by atoms with van der Waals surface area (Å²) in [5, 5.41) is -0.0466. The van der Waals surface area contributed by atoms with Crippen LogP contribution in [0, 0.1) is 0 Å². The van der Waals surface area contributed by atoms with Crippen LogP contribution in [0.15, 0.2) is 42.6 Å². The van der Waals surface area contributed by atoms with Crippen LogP contribution in [0.25, 0.3) is 0 Å². The van der Waals surface area contributed by atoms with E-state index in [2.05, 4.69) is 4.98 Å². The van der Waals surface area contributed by atoms with E-state index < -0.39 is 5.37 Å². The molecule has 8 heteroatoms. The van der Waals surface area contributed by atoms with Crippen molar-refractivity contribution in [3.8, 4) is 0 Å². The van der Waals surface area contributed by atoms with Gasteiger partial charge in [-0.3, -0.25) is 14.5 Å². The first-order valence-corrected chi connectivity index (χ1v) is 10.1. The van der Waals surface area contributed by atoms with Gasteiger partial charge >= 0.3 is 0 Å². The zero-order valence-electron chi connectivity index (χ0n) is 14.6. The molecular weight excluding hydrogens is 404 g/mol. The summed E-state index contributed by atoms with van der Waals surface area (Å²) in [5.74, 6) is -0.608. The maximum absolute atomic E-state index is 12.8. The van der Waals surface area contributed by atoms with Crippen molar-refractivity contribution in [3.05, 3.63) is 64.4 Å². The van der Waals surface area contributed by atoms with Crippen LogP contribution in [0.1, 0.15) is 39.6 Å². The number of carbonyl (C=O) groups is 2. The summed E-state index contributed by atoms with van der Waals surface area (Å²) in [6, 6.07) is 10.4. The standard InChI is InChI=1S/C19H17ClN2O3S2/c1-2-25-19(26)27-16(10-8-12-7-9-15(20)21-11-12)22-17(23)13-5-3-4-6-14(13)18(22)24/h3-7,9,11,16H,2,8,10H2,1H3. The van der Waals surface area contributed by atoms with Gasteiger partial charge in [-0.1, -0.05) is 41.6 Å². The number of nitrogens with zero attached hydrogens (tertiary/aromatic N) is 2. The molecule has 3 rings (SSSR count). The second-order valence-corrected chi connectivity index (χ2v) is 7.98. The molecule has 0 saturated heterocycles. The van der Waals surface area contributed by atoms with E-state index in [0.29, 0.717) is 40.1 Å². The number of pyridine rings is 1. The average Bonchev–Trinajstić information content (AvgIpc) is 2.91. The van der Waals surface area contributed by atoms with Gasteiger partial charge in [-0.25, -0.2) is 4.98 Å². The van der Waals surface area contributed by atoms with Gasteiger partial charge < -0.3 is 4.74 Å². The highest BCUT2D eigenvalue weighted by Gasteiger charge is 2.40. The van der Waals surface area contributed by atoms with Gasteiger partial charge in [0.05, 0.1) is 23.1 Å². The van der Waals surface area contributed by atoms with Gasteiger partial charge in [-0.05, 0) is 55.7 Å². The smallest absolute Gasteiger partial charge is 0.262 e. The minimum Gasteiger partial charge on any atom is -0.479 e. The van der Waals surface area contributed by atoms with Crippen LogP contribution in [-0.4, -0.2) is 38.1 Å². The van der Waals surface area contributed by atoms with E-state index in [9.17, 15) is 9.59 Å². The molecule has 0 bridgehead atoms. The Kier molecular flexibility index (Phi) is 6.46. The molecule has 0 aliphatic carbocycles. The zero-order valence-corrected chi connectivity index (χ0v) is 16.9. The molecule has 140 valence electrons. The highest BCUT2D eigenvalue weighted by molar-refractivity contribution is 8.23. The van der Waals surface area contributed by atoms with E-state index in [1.807, 2.05) is 13.0 Å². The lowest BCUT2D eigenvalue weighted by Gasteiger charge is -2.25. The van der Waals surface area contributed by atoms with Crippen LogP contribution in [0.5, 0.6) is 0 Å². The SMILES string of the molecule is CCOC(=S)SC(CCc1ccc(Cl)nc1)N1C(=O)c2ccccc2C1=O. The number of fused-ring (bicyclic) bond motifs is 1. The number of thiocarbonyl (C=S) groups is 1. The summed E-state index contributed by atoms with van der Waals surface area (Å²) >= 11 is 12.3. The number of hydrogen-bond donors (Lipinski definition) is 0. The van der Waals surface area contributed by atoms with Crippen molar-refractivity contribution in [1.29, 1.82) is 0 Å². The van der Waals surface area contributed by atoms with Crippen molar-refractivity contribution in [2.75, 3.05) is 6.61 Å². The first kappa shape index (κ1) is 19.8. The quantitative estimate of drug-likeness (QED) is 0.393. The number of aryl methyl sites for hydroxylation is 1. The number of thioether (sulfide) groups is 1. The van der Waals surface area contributed by atoms with Gasteiger partial charge in [-0.2, -0.15) is 0 Å². The minimum absolute atomic E-state index is 0.304. The van der Waals surface area contributed by atoms with Crippen molar-refractivity contribution >= 4 is 51.8 Å². The van der Waals surface area contributed by atoms with Gasteiger partial charge in [0, 0.05) is 6.20 Å². The molecule has 0 radical (unpaired) electrons. The first-order chi connectivity index (χ1) is 13.0. The summed E-state index contributed by atoms with van der Waals surface area (Å²) in [6.45, 7) is 2.27.